The molecule has 7 nitrogen and oxygen atoms in total. The van der Waals surface area contributed by atoms with Gasteiger partial charge in [0.25, 0.3) is 0 Å². The quantitative estimate of drug-likeness (QED) is 0.576. The number of likely N-dealkylation sites (tertiary alicyclic amines) is 1. The zero-order valence-corrected chi connectivity index (χ0v) is 20.6. The third-order valence-corrected chi connectivity index (χ3v) is 9.04. The molecule has 3 aromatic rings. The number of sulfonamides is 1. The molecule has 186 valence electrons. The standard InChI is InChI=1S/C28H28N2O5S/c31-24-19-26(27(32)29-17-15-28(33,16-18-29)23-9-5-2-6-10-23)30(20-24)36(34,35)25-13-11-22(12-14-25)21-7-3-1-4-8-21/h1-14,26,33H,15-20H2. The summed E-state index contributed by atoms with van der Waals surface area (Å²) in [6, 6.07) is 24.4. The monoisotopic (exact) mass is 504 g/mol. The fraction of sp³-hybridized carbons (Fsp3) is 0.286. The van der Waals surface area contributed by atoms with E-state index in [0.717, 1.165) is 21.0 Å². The van der Waals surface area contributed by atoms with Crippen LogP contribution in [0.3, 0.4) is 0 Å². The first kappa shape index (κ1) is 24.4. The number of benzene rings is 3. The maximum atomic E-state index is 13.5. The van der Waals surface area contributed by atoms with E-state index in [9.17, 15) is 23.1 Å². The van der Waals surface area contributed by atoms with Gasteiger partial charge in [-0.15, -0.1) is 0 Å². The van der Waals surface area contributed by atoms with Crippen molar-refractivity contribution in [1.29, 1.82) is 0 Å². The minimum atomic E-state index is -4.05. The van der Waals surface area contributed by atoms with Gasteiger partial charge in [0.15, 0.2) is 0 Å². The molecule has 2 heterocycles. The van der Waals surface area contributed by atoms with E-state index in [-0.39, 0.29) is 42.6 Å². The van der Waals surface area contributed by atoms with E-state index in [1.54, 1.807) is 17.0 Å². The smallest absolute Gasteiger partial charge is 0.244 e. The van der Waals surface area contributed by atoms with E-state index in [2.05, 4.69) is 0 Å². The first-order chi connectivity index (χ1) is 17.3. The van der Waals surface area contributed by atoms with Crippen molar-refractivity contribution in [3.8, 4) is 11.1 Å². The summed E-state index contributed by atoms with van der Waals surface area (Å²) in [7, 11) is -4.05. The van der Waals surface area contributed by atoms with Gasteiger partial charge in [-0.05, 0) is 41.7 Å². The summed E-state index contributed by atoms with van der Waals surface area (Å²) < 4.78 is 28.0. The Bertz CT molecular complexity index is 1350. The number of nitrogens with zero attached hydrogens (tertiary/aromatic N) is 2. The highest BCUT2D eigenvalue weighted by Crippen LogP contribution is 2.34. The molecule has 2 aliphatic heterocycles. The third kappa shape index (κ3) is 4.59. The summed E-state index contributed by atoms with van der Waals surface area (Å²) in [6.07, 6.45) is 0.549. The minimum absolute atomic E-state index is 0.0479. The molecular weight excluding hydrogens is 476 g/mol. The molecule has 0 spiro atoms. The number of ketones is 1. The summed E-state index contributed by atoms with van der Waals surface area (Å²) in [4.78, 5) is 27.4. The molecule has 1 N–H and O–H groups in total. The molecule has 1 amide bonds. The van der Waals surface area contributed by atoms with Crippen LogP contribution in [0.2, 0.25) is 0 Å². The van der Waals surface area contributed by atoms with Crippen LogP contribution in [0.1, 0.15) is 24.8 Å². The lowest BCUT2D eigenvalue weighted by molar-refractivity contribution is -0.139. The summed E-state index contributed by atoms with van der Waals surface area (Å²) in [5.74, 6) is -0.670. The Kier molecular flexibility index (Phi) is 6.51. The van der Waals surface area contributed by atoms with Crippen molar-refractivity contribution in [2.45, 2.75) is 35.8 Å². The SMILES string of the molecule is O=C1CC(C(=O)N2CCC(O)(c3ccccc3)CC2)N(S(=O)(=O)c2ccc(-c3ccccc3)cc2)C1. The molecule has 1 unspecified atom stereocenters. The first-order valence-electron chi connectivity index (χ1n) is 12.0. The molecule has 36 heavy (non-hydrogen) atoms. The van der Waals surface area contributed by atoms with Crippen molar-refractivity contribution >= 4 is 21.7 Å². The minimum Gasteiger partial charge on any atom is -0.385 e. The number of Topliss-reactive ketones (excluding diaryl/α,β-unsaturated/α-hetero) is 1. The van der Waals surface area contributed by atoms with Gasteiger partial charge in [0, 0.05) is 19.5 Å². The van der Waals surface area contributed by atoms with Gasteiger partial charge in [0.05, 0.1) is 17.0 Å². The van der Waals surface area contributed by atoms with Gasteiger partial charge in [0.2, 0.25) is 15.9 Å². The number of amides is 1. The summed E-state index contributed by atoms with van der Waals surface area (Å²) in [5, 5.41) is 11.1. The fourth-order valence-corrected chi connectivity index (χ4v) is 6.62. The van der Waals surface area contributed by atoms with Crippen LogP contribution in [0.4, 0.5) is 0 Å². The van der Waals surface area contributed by atoms with Crippen LogP contribution in [-0.2, 0) is 25.2 Å². The molecule has 0 radical (unpaired) electrons. The highest BCUT2D eigenvalue weighted by atomic mass is 32.2. The van der Waals surface area contributed by atoms with E-state index in [4.69, 9.17) is 0 Å². The summed E-state index contributed by atoms with van der Waals surface area (Å²) in [5.41, 5.74) is 1.61. The van der Waals surface area contributed by atoms with Crippen molar-refractivity contribution in [3.05, 3.63) is 90.5 Å². The molecule has 2 saturated heterocycles. The number of hydrogen-bond acceptors (Lipinski definition) is 5. The zero-order valence-electron chi connectivity index (χ0n) is 19.8. The molecule has 3 aromatic carbocycles. The van der Waals surface area contributed by atoms with Crippen molar-refractivity contribution in [3.63, 3.8) is 0 Å². The normalized spacial score (nSPS) is 20.4. The predicted octanol–water partition coefficient (Wildman–Crippen LogP) is 3.20. The van der Waals surface area contributed by atoms with Gasteiger partial charge in [-0.2, -0.15) is 4.31 Å². The van der Waals surface area contributed by atoms with Crippen LogP contribution >= 0.6 is 0 Å². The molecular formula is C28H28N2O5S. The number of rotatable bonds is 5. The molecule has 2 aliphatic rings. The first-order valence-corrected chi connectivity index (χ1v) is 13.5. The molecule has 0 bridgehead atoms. The lowest BCUT2D eigenvalue weighted by Gasteiger charge is -2.40. The fourth-order valence-electron chi connectivity index (χ4n) is 5.06. The zero-order chi connectivity index (χ0) is 25.3. The second-order valence-electron chi connectivity index (χ2n) is 9.42. The third-order valence-electron chi connectivity index (χ3n) is 7.17. The largest absolute Gasteiger partial charge is 0.385 e. The topological polar surface area (TPSA) is 95.0 Å². The molecule has 0 aromatic heterocycles. The molecule has 1 atom stereocenters. The van der Waals surface area contributed by atoms with Crippen molar-refractivity contribution in [2.75, 3.05) is 19.6 Å². The van der Waals surface area contributed by atoms with Gasteiger partial charge >= 0.3 is 0 Å². The van der Waals surface area contributed by atoms with Crippen LogP contribution in [-0.4, -0.2) is 60.1 Å². The van der Waals surface area contributed by atoms with Crippen LogP contribution in [0.25, 0.3) is 11.1 Å². The van der Waals surface area contributed by atoms with Gasteiger partial charge in [-0.3, -0.25) is 9.59 Å². The Morgan fingerprint density at radius 1 is 0.833 bits per heavy atom. The Labute approximate surface area is 211 Å². The number of hydrogen-bond donors (Lipinski definition) is 1. The maximum Gasteiger partial charge on any atom is 0.244 e. The number of piperidine rings is 1. The second kappa shape index (κ2) is 9.61. The highest BCUT2D eigenvalue weighted by Gasteiger charge is 2.46. The van der Waals surface area contributed by atoms with Crippen molar-refractivity contribution in [1.82, 2.24) is 9.21 Å². The average molecular weight is 505 g/mol. The van der Waals surface area contributed by atoms with Crippen molar-refractivity contribution in [2.24, 2.45) is 0 Å². The second-order valence-corrected chi connectivity index (χ2v) is 11.3. The number of aliphatic hydroxyl groups is 1. The summed E-state index contributed by atoms with van der Waals surface area (Å²) in [6.45, 7) is 0.254. The lowest BCUT2D eigenvalue weighted by Crippen LogP contribution is -2.52. The molecule has 2 fully saturated rings. The van der Waals surface area contributed by atoms with Gasteiger partial charge < -0.3 is 10.0 Å². The Hall–Kier alpha value is -3.33. The molecule has 8 heteroatoms. The molecule has 5 rings (SSSR count). The summed E-state index contributed by atoms with van der Waals surface area (Å²) >= 11 is 0. The van der Waals surface area contributed by atoms with E-state index in [0.29, 0.717) is 12.8 Å². The van der Waals surface area contributed by atoms with Gasteiger partial charge in [0.1, 0.15) is 11.8 Å². The van der Waals surface area contributed by atoms with E-state index in [1.807, 2.05) is 60.7 Å². The van der Waals surface area contributed by atoms with E-state index in [1.165, 1.54) is 12.1 Å². The lowest BCUT2D eigenvalue weighted by atomic mass is 9.84. The van der Waals surface area contributed by atoms with Gasteiger partial charge in [-0.1, -0.05) is 72.8 Å². The van der Waals surface area contributed by atoms with Crippen LogP contribution in [0.15, 0.2) is 89.8 Å². The Morgan fingerprint density at radius 3 is 2.00 bits per heavy atom. The number of carbonyl (C=O) groups is 2. The number of carbonyl (C=O) groups excluding carboxylic acids is 2. The average Bonchev–Trinajstić information content (AvgIpc) is 3.32. The van der Waals surface area contributed by atoms with Crippen LogP contribution in [0, 0.1) is 0 Å². The molecule has 0 aliphatic carbocycles. The van der Waals surface area contributed by atoms with Crippen LogP contribution < -0.4 is 0 Å². The Morgan fingerprint density at radius 2 is 1.39 bits per heavy atom. The van der Waals surface area contributed by atoms with E-state index >= 15 is 0 Å². The van der Waals surface area contributed by atoms with E-state index < -0.39 is 21.7 Å². The van der Waals surface area contributed by atoms with Crippen LogP contribution in [0.5, 0.6) is 0 Å². The predicted molar refractivity (Wildman–Crippen MR) is 135 cm³/mol. The Balaban J connectivity index is 1.32. The van der Waals surface area contributed by atoms with Crippen molar-refractivity contribution < 1.29 is 23.1 Å². The maximum absolute atomic E-state index is 13.5. The molecule has 0 saturated carbocycles. The van der Waals surface area contributed by atoms with Gasteiger partial charge in [-0.25, -0.2) is 8.42 Å². The highest BCUT2D eigenvalue weighted by molar-refractivity contribution is 7.89.